The van der Waals surface area contributed by atoms with Crippen molar-refractivity contribution in [2.24, 2.45) is 0 Å². The minimum absolute atomic E-state index is 0.142. The van der Waals surface area contributed by atoms with Gasteiger partial charge >= 0.3 is 16.1 Å². The molecule has 0 bridgehead atoms. The van der Waals surface area contributed by atoms with E-state index in [0.717, 1.165) is 10.9 Å². The molecule has 0 aromatic carbocycles. The number of nitrogens with zero attached hydrogens (tertiary/aromatic N) is 2. The van der Waals surface area contributed by atoms with Gasteiger partial charge in [-0.1, -0.05) is 0 Å². The number of rotatable bonds is 2. The van der Waals surface area contributed by atoms with Crippen molar-refractivity contribution in [3.8, 4) is 5.88 Å². The smallest absolute Gasteiger partial charge is 0.342 e. The van der Waals surface area contributed by atoms with Crippen LogP contribution in [0.1, 0.15) is 20.8 Å². The van der Waals surface area contributed by atoms with E-state index in [1.54, 1.807) is 0 Å². The summed E-state index contributed by atoms with van der Waals surface area (Å²) in [5.74, 6) is -0.142. The quantitative estimate of drug-likeness (QED) is 0.786. The maximum atomic E-state index is 11.6. The monoisotopic (exact) mass is 261 g/mol. The van der Waals surface area contributed by atoms with Crippen LogP contribution in [0.5, 0.6) is 5.88 Å². The van der Waals surface area contributed by atoms with E-state index in [-0.39, 0.29) is 5.88 Å². The molecule has 0 aliphatic heterocycles. The van der Waals surface area contributed by atoms with E-state index in [4.69, 9.17) is 0 Å². The number of amides is 1. The van der Waals surface area contributed by atoms with Crippen molar-refractivity contribution in [2.75, 3.05) is 6.26 Å². The second kappa shape index (κ2) is 4.36. The average molecular weight is 261 g/mol. The molecule has 0 unspecified atom stereocenters. The van der Waals surface area contributed by atoms with Crippen LogP contribution < -0.4 is 9.50 Å². The predicted octanol–water partition coefficient (Wildman–Crippen LogP) is 0.578. The Hall–Kier alpha value is -1.57. The molecule has 1 aromatic heterocycles. The Bertz CT molecular complexity index is 513. The third-order valence-electron chi connectivity index (χ3n) is 1.49. The van der Waals surface area contributed by atoms with Gasteiger partial charge in [-0.3, -0.25) is 0 Å². The molecule has 1 aromatic rings. The van der Waals surface area contributed by atoms with Crippen LogP contribution in [0.4, 0.5) is 4.79 Å². The molecular formula is C9H15N3O4S. The predicted molar refractivity (Wildman–Crippen MR) is 61.4 cm³/mol. The molecule has 1 rings (SSSR count). The summed E-state index contributed by atoms with van der Waals surface area (Å²) in [5.41, 5.74) is -0.402. The van der Waals surface area contributed by atoms with Crippen molar-refractivity contribution in [1.29, 1.82) is 0 Å². The molecule has 0 saturated carbocycles. The van der Waals surface area contributed by atoms with Crippen molar-refractivity contribution in [3.05, 3.63) is 12.3 Å². The second-order valence-corrected chi connectivity index (χ2v) is 6.14. The molecule has 96 valence electrons. The maximum Gasteiger partial charge on any atom is 0.342 e. The van der Waals surface area contributed by atoms with Crippen molar-refractivity contribution in [3.63, 3.8) is 0 Å². The zero-order chi connectivity index (χ0) is 13.3. The van der Waals surface area contributed by atoms with Crippen LogP contribution in [0, 0.1) is 0 Å². The van der Waals surface area contributed by atoms with E-state index in [0.29, 0.717) is 0 Å². The van der Waals surface area contributed by atoms with Gasteiger partial charge in [0.2, 0.25) is 0 Å². The highest BCUT2D eigenvalue weighted by molar-refractivity contribution is 7.86. The first-order valence-corrected chi connectivity index (χ1v) is 6.66. The second-order valence-electron chi connectivity index (χ2n) is 4.57. The molecule has 1 heterocycles. The standard InChI is InChI=1S/C9H15N3O4S/c1-9(2,3)10-8(13)12-6-5-7(11-12)16-17(4,14)15/h5-6H,1-4H3,(H,10,13). The number of hydrogen-bond acceptors (Lipinski definition) is 5. The minimum atomic E-state index is -3.63. The number of nitrogens with one attached hydrogen (secondary N) is 1. The Kier molecular flexibility index (Phi) is 3.46. The Morgan fingerprint density at radius 2 is 2.06 bits per heavy atom. The highest BCUT2D eigenvalue weighted by Crippen LogP contribution is 2.08. The fourth-order valence-corrected chi connectivity index (χ4v) is 1.40. The molecule has 1 N–H and O–H groups in total. The lowest BCUT2D eigenvalue weighted by Gasteiger charge is -2.19. The first-order chi connectivity index (χ1) is 7.57. The van der Waals surface area contributed by atoms with Crippen molar-refractivity contribution in [1.82, 2.24) is 15.1 Å². The molecule has 0 spiro atoms. The van der Waals surface area contributed by atoms with E-state index in [1.165, 1.54) is 12.3 Å². The largest absolute Gasteiger partial charge is 0.360 e. The molecule has 8 heteroatoms. The molecule has 0 saturated heterocycles. The lowest BCUT2D eigenvalue weighted by atomic mass is 10.1. The van der Waals surface area contributed by atoms with Gasteiger partial charge in [-0.05, 0) is 20.8 Å². The Morgan fingerprint density at radius 3 is 2.53 bits per heavy atom. The van der Waals surface area contributed by atoms with Crippen LogP contribution in [0.3, 0.4) is 0 Å². The number of hydrogen-bond donors (Lipinski definition) is 1. The molecule has 0 atom stereocenters. The van der Waals surface area contributed by atoms with E-state index in [2.05, 4.69) is 14.6 Å². The van der Waals surface area contributed by atoms with Crippen LogP contribution in [-0.4, -0.2) is 36.0 Å². The van der Waals surface area contributed by atoms with Gasteiger partial charge < -0.3 is 9.50 Å². The van der Waals surface area contributed by atoms with E-state index < -0.39 is 21.7 Å². The Labute approximate surface area is 99.9 Å². The van der Waals surface area contributed by atoms with Gasteiger partial charge in [-0.25, -0.2) is 4.79 Å². The Morgan fingerprint density at radius 1 is 1.47 bits per heavy atom. The fourth-order valence-electron chi connectivity index (χ4n) is 0.998. The summed E-state index contributed by atoms with van der Waals surface area (Å²) in [5, 5.41) is 6.35. The molecule has 0 radical (unpaired) electrons. The fraction of sp³-hybridized carbons (Fsp3) is 0.556. The van der Waals surface area contributed by atoms with E-state index in [1.807, 2.05) is 20.8 Å². The topological polar surface area (TPSA) is 90.3 Å². The van der Waals surface area contributed by atoms with Crippen LogP contribution in [0.25, 0.3) is 0 Å². The normalized spacial score (nSPS) is 12.2. The summed E-state index contributed by atoms with van der Waals surface area (Å²) in [4.78, 5) is 11.6. The van der Waals surface area contributed by atoms with Gasteiger partial charge in [0.15, 0.2) is 0 Å². The lowest BCUT2D eigenvalue weighted by Crippen LogP contribution is -2.43. The van der Waals surface area contributed by atoms with Crippen LogP contribution in [-0.2, 0) is 10.1 Å². The van der Waals surface area contributed by atoms with Gasteiger partial charge in [-0.15, -0.1) is 5.10 Å². The van der Waals surface area contributed by atoms with Gasteiger partial charge in [-0.2, -0.15) is 13.1 Å². The maximum absolute atomic E-state index is 11.6. The third-order valence-corrected chi connectivity index (χ3v) is 1.96. The SMILES string of the molecule is CC(C)(C)NC(=O)n1ccc(OS(C)(=O)=O)n1. The van der Waals surface area contributed by atoms with Crippen molar-refractivity contribution >= 4 is 16.1 Å². The first kappa shape index (κ1) is 13.5. The highest BCUT2D eigenvalue weighted by Gasteiger charge is 2.17. The molecular weight excluding hydrogens is 246 g/mol. The van der Waals surface area contributed by atoms with Gasteiger partial charge in [0.05, 0.1) is 6.26 Å². The average Bonchev–Trinajstić information content (AvgIpc) is 2.45. The number of carbonyl (C=O) groups is 1. The summed E-state index contributed by atoms with van der Waals surface area (Å²) in [6.45, 7) is 5.47. The van der Waals surface area contributed by atoms with Gasteiger partial charge in [0.1, 0.15) is 0 Å². The summed E-state index contributed by atoms with van der Waals surface area (Å²) in [6.07, 6.45) is 2.23. The molecule has 7 nitrogen and oxygen atoms in total. The first-order valence-electron chi connectivity index (χ1n) is 4.84. The van der Waals surface area contributed by atoms with E-state index >= 15 is 0 Å². The third kappa shape index (κ3) is 4.85. The van der Waals surface area contributed by atoms with Crippen LogP contribution >= 0.6 is 0 Å². The van der Waals surface area contributed by atoms with Gasteiger partial charge in [0, 0.05) is 17.8 Å². The number of carbonyl (C=O) groups excluding carboxylic acids is 1. The zero-order valence-electron chi connectivity index (χ0n) is 10.1. The molecule has 0 aliphatic carbocycles. The Balaban J connectivity index is 2.78. The zero-order valence-corrected chi connectivity index (χ0v) is 10.9. The highest BCUT2D eigenvalue weighted by atomic mass is 32.2. The van der Waals surface area contributed by atoms with Crippen LogP contribution in [0.15, 0.2) is 12.3 Å². The molecule has 1 amide bonds. The van der Waals surface area contributed by atoms with Crippen molar-refractivity contribution in [2.45, 2.75) is 26.3 Å². The number of aromatic nitrogens is 2. The summed E-state index contributed by atoms with van der Waals surface area (Å²) < 4.78 is 27.2. The summed E-state index contributed by atoms with van der Waals surface area (Å²) in [7, 11) is -3.63. The summed E-state index contributed by atoms with van der Waals surface area (Å²) >= 11 is 0. The summed E-state index contributed by atoms with van der Waals surface area (Å²) in [6, 6.07) is 0.837. The molecule has 0 aliphatic rings. The lowest BCUT2D eigenvalue weighted by molar-refractivity contribution is 0.230. The van der Waals surface area contributed by atoms with Gasteiger partial charge in [0.25, 0.3) is 5.88 Å². The van der Waals surface area contributed by atoms with Crippen LogP contribution in [0.2, 0.25) is 0 Å². The minimum Gasteiger partial charge on any atom is -0.360 e. The molecule has 0 fully saturated rings. The van der Waals surface area contributed by atoms with E-state index in [9.17, 15) is 13.2 Å². The molecule has 17 heavy (non-hydrogen) atoms. The van der Waals surface area contributed by atoms with Crippen molar-refractivity contribution < 1.29 is 17.4 Å².